The van der Waals surface area contributed by atoms with Crippen molar-refractivity contribution in [1.29, 1.82) is 0 Å². The van der Waals surface area contributed by atoms with Gasteiger partial charge in [0.25, 0.3) is 0 Å². The van der Waals surface area contributed by atoms with Gasteiger partial charge in [-0.15, -0.1) is 0 Å². The normalized spacial score (nSPS) is 10.6. The summed E-state index contributed by atoms with van der Waals surface area (Å²) in [5.74, 6) is -2.09. The predicted molar refractivity (Wildman–Crippen MR) is 367 cm³/mol. The standard InChI is InChI=1S/C78H86O21/c1-5-71(79)92-49-21-13-9-17-45-88-63-33-25-57(26-34-63)75(83)96-67-41-43-69(98-77(85)59-29-37-65(38-30-59)90-47-19-11-15-23-51-94-73(81)7-3)61(53-67)55-87-56-62-54-68(97-76(84)58-27-35-64(36-28-58)89-46-18-10-14-22-50-93-72(80)6-2)42-44-70(62)99-78(86)60-31-39-66(40-32-60)91-48-20-12-16-24-52-95-74(82)8-4/h5-8,25-44,53-54H,1-4,9-24,45-52,55-56H2. The van der Waals surface area contributed by atoms with E-state index in [1.54, 1.807) is 97.1 Å². The Morgan fingerprint density at radius 2 is 0.485 bits per heavy atom. The van der Waals surface area contributed by atoms with E-state index < -0.39 is 47.8 Å². The van der Waals surface area contributed by atoms with Gasteiger partial charge in [-0.25, -0.2) is 38.4 Å². The fraction of sp³-hybridized carbons (Fsp3) is 0.333. The van der Waals surface area contributed by atoms with E-state index in [1.165, 1.54) is 36.4 Å². The third-order valence-electron chi connectivity index (χ3n) is 14.6. The molecular formula is C78H86O21. The zero-order chi connectivity index (χ0) is 70.7. The maximum atomic E-state index is 13.8. The van der Waals surface area contributed by atoms with Crippen LogP contribution in [0.25, 0.3) is 0 Å². The maximum Gasteiger partial charge on any atom is 0.343 e. The molecule has 0 spiro atoms. The van der Waals surface area contributed by atoms with Crippen LogP contribution in [0.3, 0.4) is 0 Å². The zero-order valence-electron chi connectivity index (χ0n) is 55.8. The van der Waals surface area contributed by atoms with E-state index in [9.17, 15) is 38.4 Å². The lowest BCUT2D eigenvalue weighted by molar-refractivity contribution is -0.138. The van der Waals surface area contributed by atoms with Gasteiger partial charge in [-0.1, -0.05) is 26.3 Å². The van der Waals surface area contributed by atoms with Gasteiger partial charge >= 0.3 is 47.8 Å². The summed E-state index contributed by atoms with van der Waals surface area (Å²) in [6.45, 7) is 16.1. The number of ether oxygens (including phenoxy) is 13. The summed E-state index contributed by atoms with van der Waals surface area (Å²) >= 11 is 0. The number of hydrogen-bond acceptors (Lipinski definition) is 21. The Hall–Kier alpha value is -10.8. The largest absolute Gasteiger partial charge is 0.494 e. The topological polar surface area (TPSA) is 257 Å². The number of esters is 8. The first kappa shape index (κ1) is 77.2. The minimum absolute atomic E-state index is 0.0691. The smallest absolute Gasteiger partial charge is 0.343 e. The van der Waals surface area contributed by atoms with Gasteiger partial charge in [-0.05, 0) is 236 Å². The van der Waals surface area contributed by atoms with Crippen molar-refractivity contribution >= 4 is 47.8 Å². The van der Waals surface area contributed by atoms with Crippen LogP contribution in [-0.2, 0) is 56.1 Å². The summed E-state index contributed by atoms with van der Waals surface area (Å²) in [5.41, 5.74) is 1.42. The van der Waals surface area contributed by atoms with Crippen LogP contribution in [0, 0.1) is 0 Å². The molecule has 524 valence electrons. The van der Waals surface area contributed by atoms with Crippen LogP contribution in [0.4, 0.5) is 0 Å². The van der Waals surface area contributed by atoms with Crippen LogP contribution in [0.2, 0.25) is 0 Å². The number of hydrogen-bond donors (Lipinski definition) is 0. The number of carbonyl (C=O) groups excluding carboxylic acids is 8. The summed E-state index contributed by atoms with van der Waals surface area (Å²) < 4.78 is 73.7. The molecule has 21 heteroatoms. The van der Waals surface area contributed by atoms with Crippen molar-refractivity contribution in [2.45, 2.75) is 116 Å². The van der Waals surface area contributed by atoms with Crippen LogP contribution in [0.5, 0.6) is 46.0 Å². The van der Waals surface area contributed by atoms with Crippen molar-refractivity contribution in [3.63, 3.8) is 0 Å². The molecule has 0 N–H and O–H groups in total. The molecule has 0 amide bonds. The number of carbonyl (C=O) groups is 8. The van der Waals surface area contributed by atoms with Gasteiger partial charge in [0, 0.05) is 35.4 Å². The maximum absolute atomic E-state index is 13.8. The summed E-state index contributed by atoms with van der Waals surface area (Å²) in [4.78, 5) is 100. The Morgan fingerprint density at radius 1 is 0.263 bits per heavy atom. The first-order chi connectivity index (χ1) is 48.2. The third-order valence-corrected chi connectivity index (χ3v) is 14.6. The van der Waals surface area contributed by atoms with Crippen LogP contribution < -0.4 is 37.9 Å². The fourth-order valence-corrected chi connectivity index (χ4v) is 9.25. The SMILES string of the molecule is C=CC(=O)OCCCCCCOc1ccc(C(=O)Oc2ccc(OC(=O)c3ccc(OCCCCCCOC(=O)C=C)cc3)c(COCc3cc(OC(=O)c4ccc(OCCCCCCOC(=O)C=C)cc4)ccc3OC(=O)c3ccc(OCCCCCCOC(=O)C=C)cc3)c2)cc1. The Labute approximate surface area is 577 Å². The van der Waals surface area contributed by atoms with Crippen LogP contribution in [0.1, 0.15) is 155 Å². The summed E-state index contributed by atoms with van der Waals surface area (Å²) in [7, 11) is 0. The molecule has 6 rings (SSSR count). The molecule has 0 radical (unpaired) electrons. The monoisotopic (exact) mass is 1360 g/mol. The number of unbranched alkanes of at least 4 members (excludes halogenated alkanes) is 12. The highest BCUT2D eigenvalue weighted by atomic mass is 16.6. The highest BCUT2D eigenvalue weighted by molar-refractivity contribution is 5.93. The first-order valence-corrected chi connectivity index (χ1v) is 33.0. The van der Waals surface area contributed by atoms with E-state index in [1.807, 2.05) is 0 Å². The van der Waals surface area contributed by atoms with Gasteiger partial charge in [-0.3, -0.25) is 0 Å². The highest BCUT2D eigenvalue weighted by Crippen LogP contribution is 2.31. The average Bonchev–Trinajstić information content (AvgIpc) is 0.848. The summed E-state index contributed by atoms with van der Waals surface area (Å²) in [6, 6.07) is 34.7. The molecular weight excluding hydrogens is 1270 g/mol. The molecule has 0 heterocycles. The Balaban J connectivity index is 1.15. The predicted octanol–water partition coefficient (Wildman–Crippen LogP) is 15.0. The Kier molecular flexibility index (Phi) is 35.0. The molecule has 0 aromatic heterocycles. The first-order valence-electron chi connectivity index (χ1n) is 33.0. The van der Waals surface area contributed by atoms with Crippen molar-refractivity contribution in [3.05, 3.63) is 217 Å². The Morgan fingerprint density at radius 3 is 0.727 bits per heavy atom. The Bertz CT molecular complexity index is 3340. The van der Waals surface area contributed by atoms with Gasteiger partial charge in [0.2, 0.25) is 0 Å². The van der Waals surface area contributed by atoms with Crippen LogP contribution >= 0.6 is 0 Å². The molecule has 6 aromatic rings. The van der Waals surface area contributed by atoms with E-state index >= 15 is 0 Å². The molecule has 0 saturated carbocycles. The molecule has 0 aliphatic carbocycles. The molecule has 0 unspecified atom stereocenters. The van der Waals surface area contributed by atoms with Gasteiger partial charge in [0.15, 0.2) is 0 Å². The van der Waals surface area contributed by atoms with E-state index in [-0.39, 0.29) is 69.6 Å². The molecule has 0 atom stereocenters. The van der Waals surface area contributed by atoms with Crippen molar-refractivity contribution in [2.75, 3.05) is 52.9 Å². The summed E-state index contributed by atoms with van der Waals surface area (Å²) in [6.07, 6.45) is 17.3. The van der Waals surface area contributed by atoms with E-state index in [0.717, 1.165) is 127 Å². The number of rotatable bonds is 48. The van der Waals surface area contributed by atoms with Crippen molar-refractivity contribution < 1.29 is 99.9 Å². The molecule has 21 nitrogen and oxygen atoms in total. The zero-order valence-corrected chi connectivity index (χ0v) is 55.8. The van der Waals surface area contributed by atoms with Crippen LogP contribution in [0.15, 0.2) is 184 Å². The average molecular weight is 1360 g/mol. The fourth-order valence-electron chi connectivity index (χ4n) is 9.25. The lowest BCUT2D eigenvalue weighted by atomic mass is 10.1. The van der Waals surface area contributed by atoms with Gasteiger partial charge in [0.1, 0.15) is 46.0 Å². The second kappa shape index (κ2) is 44.8. The van der Waals surface area contributed by atoms with E-state index in [0.29, 0.717) is 75.9 Å². The lowest BCUT2D eigenvalue weighted by Gasteiger charge is -2.15. The van der Waals surface area contributed by atoms with Gasteiger partial charge in [-0.2, -0.15) is 0 Å². The molecule has 0 aliphatic rings. The minimum Gasteiger partial charge on any atom is -0.494 e. The lowest BCUT2D eigenvalue weighted by Crippen LogP contribution is -2.13. The van der Waals surface area contributed by atoms with E-state index in [4.69, 9.17) is 61.6 Å². The van der Waals surface area contributed by atoms with Crippen molar-refractivity contribution in [2.24, 2.45) is 0 Å². The molecule has 6 aromatic carbocycles. The van der Waals surface area contributed by atoms with Gasteiger partial charge in [0.05, 0.1) is 88.3 Å². The minimum atomic E-state index is -0.713. The highest BCUT2D eigenvalue weighted by Gasteiger charge is 2.20. The van der Waals surface area contributed by atoms with Crippen molar-refractivity contribution in [1.82, 2.24) is 0 Å². The second-order valence-electron chi connectivity index (χ2n) is 22.2. The van der Waals surface area contributed by atoms with Crippen molar-refractivity contribution in [3.8, 4) is 46.0 Å². The summed E-state index contributed by atoms with van der Waals surface area (Å²) in [5, 5.41) is 0. The molecule has 0 bridgehead atoms. The number of benzene rings is 6. The van der Waals surface area contributed by atoms with E-state index in [2.05, 4.69) is 26.3 Å². The van der Waals surface area contributed by atoms with Crippen LogP contribution in [-0.4, -0.2) is 101 Å². The molecule has 0 aliphatic heterocycles. The van der Waals surface area contributed by atoms with Gasteiger partial charge < -0.3 is 61.6 Å². The molecule has 0 fully saturated rings. The molecule has 0 saturated heterocycles. The third kappa shape index (κ3) is 30.0. The second-order valence-corrected chi connectivity index (χ2v) is 22.2. The molecule has 99 heavy (non-hydrogen) atoms. The quantitative estimate of drug-likeness (QED) is 0.0113.